The number of hydrogen-bond acceptors (Lipinski definition) is 7. The molecule has 11 heteroatoms. The Morgan fingerprint density at radius 2 is 1.94 bits per heavy atom. The number of thiophene rings is 1. The minimum Gasteiger partial charge on any atom is -0.387 e. The van der Waals surface area contributed by atoms with Gasteiger partial charge in [0.15, 0.2) is 0 Å². The maximum Gasteiger partial charge on any atom is 0.435 e. The van der Waals surface area contributed by atoms with E-state index in [2.05, 4.69) is 5.16 Å². The zero-order valence-electron chi connectivity index (χ0n) is 17.4. The average molecular weight is 470 g/mol. The molecule has 168 valence electrons. The van der Waals surface area contributed by atoms with E-state index in [1.165, 1.54) is 47.5 Å². The number of hydrogen-bond donors (Lipinski definition) is 1. The molecule has 0 saturated heterocycles. The topological polar surface area (TPSA) is 99.5 Å². The number of likely N-dealkylation sites (N-methyl/N-ethyl adjacent to an activating group) is 1. The molecule has 8 nitrogen and oxygen atoms in total. The summed E-state index contributed by atoms with van der Waals surface area (Å²) in [7, 11) is 0.599. The molecule has 31 heavy (non-hydrogen) atoms. The summed E-state index contributed by atoms with van der Waals surface area (Å²) in [5.41, 5.74) is 1.60. The van der Waals surface area contributed by atoms with Gasteiger partial charge in [0.25, 0.3) is 0 Å². The van der Waals surface area contributed by atoms with Crippen LogP contribution in [0.15, 0.2) is 39.7 Å². The molecule has 1 aliphatic carbocycles. The molecule has 2 aromatic rings. The normalized spacial score (nSPS) is 16.3. The van der Waals surface area contributed by atoms with E-state index in [4.69, 9.17) is 4.84 Å². The summed E-state index contributed by atoms with van der Waals surface area (Å²) in [6.45, 7) is -0.181. The van der Waals surface area contributed by atoms with Gasteiger partial charge in [-0.15, -0.1) is 11.3 Å². The van der Waals surface area contributed by atoms with Crippen LogP contribution in [0.5, 0.6) is 0 Å². The Morgan fingerprint density at radius 1 is 1.26 bits per heavy atom. The highest BCUT2D eigenvalue weighted by atomic mass is 32.2. The van der Waals surface area contributed by atoms with Crippen LogP contribution in [-0.2, 0) is 21.3 Å². The number of aliphatic hydroxyl groups excluding tert-OH is 1. The van der Waals surface area contributed by atoms with Crippen molar-refractivity contribution in [3.63, 3.8) is 0 Å². The van der Waals surface area contributed by atoms with Crippen LogP contribution in [0.2, 0.25) is 0 Å². The van der Waals surface area contributed by atoms with Crippen molar-refractivity contribution >= 4 is 33.2 Å². The van der Waals surface area contributed by atoms with Gasteiger partial charge < -0.3 is 10.0 Å². The van der Waals surface area contributed by atoms with Crippen LogP contribution in [0.1, 0.15) is 34.9 Å². The molecule has 1 heterocycles. The van der Waals surface area contributed by atoms with E-state index in [9.17, 15) is 22.7 Å². The van der Waals surface area contributed by atoms with Gasteiger partial charge in [0.05, 0.1) is 21.6 Å². The number of oxime groups is 1. The molecule has 0 spiro atoms. The lowest BCUT2D eigenvalue weighted by Gasteiger charge is -2.22. The predicted octanol–water partition coefficient (Wildman–Crippen LogP) is 2.98. The molecule has 0 radical (unpaired) electrons. The second-order valence-electron chi connectivity index (χ2n) is 7.40. The van der Waals surface area contributed by atoms with Gasteiger partial charge in [0.1, 0.15) is 5.82 Å². The summed E-state index contributed by atoms with van der Waals surface area (Å²) < 4.78 is 40.5. The van der Waals surface area contributed by atoms with Gasteiger partial charge in [-0.05, 0) is 42.5 Å². The lowest BCUT2D eigenvalue weighted by Crippen LogP contribution is -2.32. The summed E-state index contributed by atoms with van der Waals surface area (Å²) in [6, 6.07) is 5.27. The predicted molar refractivity (Wildman–Crippen MR) is 115 cm³/mol. The molecule has 0 aliphatic heterocycles. The van der Waals surface area contributed by atoms with E-state index in [0.717, 1.165) is 4.31 Å². The number of nitrogens with zero attached hydrogens (tertiary/aromatic N) is 3. The van der Waals surface area contributed by atoms with Gasteiger partial charge in [0, 0.05) is 33.1 Å². The summed E-state index contributed by atoms with van der Waals surface area (Å²) in [5.74, 6) is -0.435. The molecule has 1 unspecified atom stereocenters. The molecular formula is C20H24FN3O5S2. The van der Waals surface area contributed by atoms with Crippen molar-refractivity contribution in [3.8, 4) is 0 Å². The molecule has 1 N–H and O–H groups in total. The quantitative estimate of drug-likeness (QED) is 0.518. The van der Waals surface area contributed by atoms with E-state index < -0.39 is 28.0 Å². The van der Waals surface area contributed by atoms with Gasteiger partial charge >= 0.3 is 6.09 Å². The van der Waals surface area contributed by atoms with Crippen LogP contribution in [0.3, 0.4) is 0 Å². The van der Waals surface area contributed by atoms with Crippen molar-refractivity contribution in [2.45, 2.75) is 30.3 Å². The van der Waals surface area contributed by atoms with Crippen molar-refractivity contribution in [1.82, 2.24) is 9.21 Å². The third-order valence-electron chi connectivity index (χ3n) is 4.93. The second-order valence-corrected chi connectivity index (χ2v) is 10.3. The summed E-state index contributed by atoms with van der Waals surface area (Å²) in [4.78, 5) is 18.7. The lowest BCUT2D eigenvalue weighted by molar-refractivity contribution is 0.122. The maximum atomic E-state index is 13.2. The van der Waals surface area contributed by atoms with E-state index in [1.807, 2.05) is 0 Å². The summed E-state index contributed by atoms with van der Waals surface area (Å²) in [5, 5.41) is 15.9. The number of halogens is 1. The third-order valence-corrected chi connectivity index (χ3v) is 8.04. The number of amides is 1. The van der Waals surface area contributed by atoms with Gasteiger partial charge in [-0.25, -0.2) is 17.6 Å². The number of carbonyl (C=O) groups is 1. The first-order chi connectivity index (χ1) is 14.6. The Morgan fingerprint density at radius 3 is 2.58 bits per heavy atom. The summed E-state index contributed by atoms with van der Waals surface area (Å²) in [6.07, 6.45) is 0.0952. The number of rotatable bonds is 6. The van der Waals surface area contributed by atoms with Crippen LogP contribution >= 0.6 is 11.3 Å². The third kappa shape index (κ3) is 5.12. The fourth-order valence-electron chi connectivity index (χ4n) is 3.17. The highest BCUT2D eigenvalue weighted by molar-refractivity contribution is 7.89. The Hall–Kier alpha value is -2.34. The molecule has 1 aromatic heterocycles. The van der Waals surface area contributed by atoms with Crippen LogP contribution in [0.25, 0.3) is 0 Å². The molecule has 0 saturated carbocycles. The number of aliphatic hydroxyl groups is 1. The smallest absolute Gasteiger partial charge is 0.387 e. The second kappa shape index (κ2) is 9.43. The number of carbonyl (C=O) groups excluding carboxylic acids is 1. The SMILES string of the molecule is CN(C)C(=O)ON=C1CCCc2c(S(=O)(=O)N(C)CC(O)c3ccc(F)cc3)csc21. The first-order valence-electron chi connectivity index (χ1n) is 9.57. The Labute approximate surface area is 184 Å². The Balaban J connectivity index is 1.81. The van der Waals surface area contributed by atoms with Gasteiger partial charge in [-0.2, -0.15) is 4.31 Å². The zero-order chi connectivity index (χ0) is 22.8. The minimum absolute atomic E-state index is 0.160. The van der Waals surface area contributed by atoms with E-state index in [0.29, 0.717) is 41.0 Å². The maximum absolute atomic E-state index is 13.2. The average Bonchev–Trinajstić information content (AvgIpc) is 3.17. The van der Waals surface area contributed by atoms with Crippen molar-refractivity contribution < 1.29 is 27.5 Å². The van der Waals surface area contributed by atoms with Crippen molar-refractivity contribution in [2.24, 2.45) is 5.16 Å². The highest BCUT2D eigenvalue weighted by Gasteiger charge is 2.31. The largest absolute Gasteiger partial charge is 0.435 e. The first kappa shape index (κ1) is 23.3. The van der Waals surface area contributed by atoms with Gasteiger partial charge in [-0.3, -0.25) is 4.84 Å². The summed E-state index contributed by atoms with van der Waals surface area (Å²) >= 11 is 1.24. The van der Waals surface area contributed by atoms with E-state index in [1.54, 1.807) is 19.5 Å². The zero-order valence-corrected chi connectivity index (χ0v) is 19.0. The van der Waals surface area contributed by atoms with Crippen LogP contribution < -0.4 is 0 Å². The Kier molecular flexibility index (Phi) is 7.10. The molecule has 1 aromatic carbocycles. The van der Waals surface area contributed by atoms with E-state index >= 15 is 0 Å². The monoisotopic (exact) mass is 469 g/mol. The van der Waals surface area contributed by atoms with E-state index in [-0.39, 0.29) is 11.4 Å². The molecule has 1 aliphatic rings. The first-order valence-corrected chi connectivity index (χ1v) is 11.9. The van der Waals surface area contributed by atoms with Gasteiger partial charge in [0.2, 0.25) is 10.0 Å². The lowest BCUT2D eigenvalue weighted by atomic mass is 9.98. The molecule has 3 rings (SSSR count). The van der Waals surface area contributed by atoms with Crippen molar-refractivity contribution in [1.29, 1.82) is 0 Å². The minimum atomic E-state index is -3.88. The molecule has 1 atom stereocenters. The number of benzene rings is 1. The fourth-order valence-corrected chi connectivity index (χ4v) is 6.05. The standard InChI is InChI=1S/C20H24FN3O5S2/c1-23(2)20(26)29-22-16-6-4-5-15-18(12-30-19(15)16)31(27,28)24(3)11-17(25)13-7-9-14(21)10-8-13/h7-10,12,17,25H,4-6,11H2,1-3H3. The Bertz CT molecular complexity index is 1080. The molecular weight excluding hydrogens is 445 g/mol. The molecule has 0 bridgehead atoms. The van der Waals surface area contributed by atoms with Crippen LogP contribution in [-0.4, -0.2) is 62.2 Å². The molecule has 1 amide bonds. The van der Waals surface area contributed by atoms with Crippen LogP contribution in [0.4, 0.5) is 9.18 Å². The van der Waals surface area contributed by atoms with Gasteiger partial charge in [-0.1, -0.05) is 17.3 Å². The molecule has 0 fully saturated rings. The number of sulfonamides is 1. The van der Waals surface area contributed by atoms with Crippen LogP contribution in [0, 0.1) is 5.82 Å². The number of fused-ring (bicyclic) bond motifs is 1. The highest BCUT2D eigenvalue weighted by Crippen LogP contribution is 2.35. The van der Waals surface area contributed by atoms with Crippen molar-refractivity contribution in [2.75, 3.05) is 27.7 Å². The van der Waals surface area contributed by atoms with Crippen molar-refractivity contribution in [3.05, 3.63) is 51.5 Å². The fraction of sp³-hybridized carbons (Fsp3) is 0.400.